The minimum absolute atomic E-state index is 0.303. The molecule has 0 fully saturated rings. The number of nitriles is 1. The second-order valence-corrected chi connectivity index (χ2v) is 4.90. The van der Waals surface area contributed by atoms with Crippen LogP contribution in [0.4, 0.5) is 0 Å². The summed E-state index contributed by atoms with van der Waals surface area (Å²) in [5, 5.41) is 18.8. The fourth-order valence-electron chi connectivity index (χ4n) is 2.48. The minimum atomic E-state index is -0.604. The van der Waals surface area contributed by atoms with Gasteiger partial charge >= 0.3 is 0 Å². The molecule has 2 N–H and O–H groups in total. The van der Waals surface area contributed by atoms with Crippen LogP contribution in [-0.2, 0) is 0 Å². The van der Waals surface area contributed by atoms with Crippen LogP contribution in [0.1, 0.15) is 15.9 Å². The number of carbonyl (C=O) groups is 1. The van der Waals surface area contributed by atoms with Crippen molar-refractivity contribution in [1.82, 2.24) is 10.0 Å². The highest BCUT2D eigenvalue weighted by Gasteiger charge is 2.13. The molecule has 1 heterocycles. The summed E-state index contributed by atoms with van der Waals surface area (Å²) in [7, 11) is 1.59. The van der Waals surface area contributed by atoms with Crippen LogP contribution in [0.15, 0.2) is 48.7 Å². The van der Waals surface area contributed by atoms with E-state index in [9.17, 15) is 10.1 Å². The Balaban J connectivity index is 2.22. The molecule has 0 aliphatic rings. The van der Waals surface area contributed by atoms with Gasteiger partial charge in [-0.1, -0.05) is 6.07 Å². The molecule has 23 heavy (non-hydrogen) atoms. The van der Waals surface area contributed by atoms with Gasteiger partial charge in [-0.15, -0.1) is 0 Å². The summed E-state index contributed by atoms with van der Waals surface area (Å²) in [4.78, 5) is 11.6. The first kappa shape index (κ1) is 14.6. The number of ether oxygens (including phenoxy) is 1. The smallest absolute Gasteiger partial charge is 0.274 e. The van der Waals surface area contributed by atoms with Gasteiger partial charge in [-0.2, -0.15) is 5.26 Å². The Bertz CT molecular complexity index is 921. The molecule has 3 aromatic rings. The lowest BCUT2D eigenvalue weighted by Gasteiger charge is -2.07. The summed E-state index contributed by atoms with van der Waals surface area (Å²) in [5.41, 5.74) is 3.95. The number of benzene rings is 2. The lowest BCUT2D eigenvalue weighted by Crippen LogP contribution is -2.18. The van der Waals surface area contributed by atoms with Crippen molar-refractivity contribution in [3.05, 3.63) is 59.8 Å². The minimum Gasteiger partial charge on any atom is -0.497 e. The third kappa shape index (κ3) is 2.50. The summed E-state index contributed by atoms with van der Waals surface area (Å²) in [6, 6.07) is 14.4. The van der Waals surface area contributed by atoms with Crippen LogP contribution < -0.4 is 10.2 Å². The largest absolute Gasteiger partial charge is 0.497 e. The molecule has 0 unspecified atom stereocenters. The lowest BCUT2D eigenvalue weighted by atomic mass is 10.1. The highest BCUT2D eigenvalue weighted by Crippen LogP contribution is 2.26. The Morgan fingerprint density at radius 3 is 2.61 bits per heavy atom. The van der Waals surface area contributed by atoms with Gasteiger partial charge in [-0.25, -0.2) is 5.48 Å². The van der Waals surface area contributed by atoms with E-state index >= 15 is 0 Å². The zero-order chi connectivity index (χ0) is 16.4. The first-order chi connectivity index (χ1) is 11.2. The quantitative estimate of drug-likeness (QED) is 0.575. The van der Waals surface area contributed by atoms with Gasteiger partial charge in [-0.3, -0.25) is 10.0 Å². The maximum Gasteiger partial charge on any atom is 0.274 e. The number of rotatable bonds is 3. The molecule has 0 aliphatic heterocycles. The fraction of sp³-hybridized carbons (Fsp3) is 0.0588. The maximum absolute atomic E-state index is 11.6. The second kappa shape index (κ2) is 5.83. The van der Waals surface area contributed by atoms with Gasteiger partial charge in [-0.05, 0) is 36.4 Å². The third-order valence-corrected chi connectivity index (χ3v) is 3.64. The van der Waals surface area contributed by atoms with Crippen molar-refractivity contribution in [3.8, 4) is 17.5 Å². The predicted octanol–water partition coefficient (Wildman–Crippen LogP) is 2.63. The zero-order valence-corrected chi connectivity index (χ0v) is 12.3. The molecule has 2 aromatic carbocycles. The Kier molecular flexibility index (Phi) is 3.71. The second-order valence-electron chi connectivity index (χ2n) is 4.90. The van der Waals surface area contributed by atoms with Crippen LogP contribution in [0, 0.1) is 11.3 Å². The van der Waals surface area contributed by atoms with Crippen molar-refractivity contribution in [1.29, 1.82) is 5.26 Å². The van der Waals surface area contributed by atoms with E-state index < -0.39 is 5.91 Å². The molecular weight excluding hydrogens is 294 g/mol. The van der Waals surface area contributed by atoms with Crippen LogP contribution in [-0.4, -0.2) is 22.8 Å². The van der Waals surface area contributed by atoms with Crippen molar-refractivity contribution in [2.45, 2.75) is 0 Å². The Hall–Kier alpha value is -3.30. The first-order valence-electron chi connectivity index (χ1n) is 6.82. The van der Waals surface area contributed by atoms with E-state index in [-0.39, 0.29) is 0 Å². The predicted molar refractivity (Wildman–Crippen MR) is 83.8 cm³/mol. The number of amides is 1. The summed E-state index contributed by atoms with van der Waals surface area (Å²) in [5.74, 6) is 0.124. The molecule has 0 atom stereocenters. The molecule has 3 rings (SSSR count). The van der Waals surface area contributed by atoms with Gasteiger partial charge in [0.2, 0.25) is 0 Å². The number of nitrogens with one attached hydrogen (secondary N) is 1. The Morgan fingerprint density at radius 1 is 1.26 bits per heavy atom. The molecule has 1 amide bonds. The van der Waals surface area contributed by atoms with E-state index in [2.05, 4.69) is 6.07 Å². The van der Waals surface area contributed by atoms with E-state index in [0.717, 1.165) is 16.8 Å². The highest BCUT2D eigenvalue weighted by molar-refractivity contribution is 5.99. The van der Waals surface area contributed by atoms with Crippen molar-refractivity contribution in [2.24, 2.45) is 0 Å². The zero-order valence-electron chi connectivity index (χ0n) is 12.3. The van der Waals surface area contributed by atoms with Crippen molar-refractivity contribution in [2.75, 3.05) is 7.11 Å². The third-order valence-electron chi connectivity index (χ3n) is 3.64. The molecule has 0 saturated carbocycles. The normalized spacial score (nSPS) is 10.3. The van der Waals surface area contributed by atoms with E-state index in [4.69, 9.17) is 9.94 Å². The molecule has 0 bridgehead atoms. The van der Waals surface area contributed by atoms with E-state index in [0.29, 0.717) is 16.6 Å². The number of hydrogen-bond acceptors (Lipinski definition) is 4. The lowest BCUT2D eigenvalue weighted by molar-refractivity contribution is 0.0706. The number of hydroxylamine groups is 1. The molecule has 6 heteroatoms. The molecule has 0 spiro atoms. The summed E-state index contributed by atoms with van der Waals surface area (Å²) >= 11 is 0. The number of fused-ring (bicyclic) bond motifs is 1. The standard InChI is InChI=1S/C17H13N3O3/c1-23-14-5-3-13(4-6-14)20-10-12(9-18)15-7-2-11(8-16(15)20)17(21)19-22/h2-8,10,22H,1H3,(H,19,21). The van der Waals surface area contributed by atoms with Gasteiger partial charge in [0, 0.05) is 22.8 Å². The highest BCUT2D eigenvalue weighted by atomic mass is 16.5. The van der Waals surface area contributed by atoms with Crippen LogP contribution in [0.3, 0.4) is 0 Å². The van der Waals surface area contributed by atoms with Crippen LogP contribution in [0.2, 0.25) is 0 Å². The van der Waals surface area contributed by atoms with E-state index in [1.165, 1.54) is 0 Å². The van der Waals surface area contributed by atoms with Gasteiger partial charge in [0.05, 0.1) is 18.2 Å². The van der Waals surface area contributed by atoms with E-state index in [1.54, 1.807) is 37.0 Å². The van der Waals surface area contributed by atoms with Crippen molar-refractivity contribution >= 4 is 16.8 Å². The van der Waals surface area contributed by atoms with Gasteiger partial charge in [0.25, 0.3) is 5.91 Å². The molecule has 114 valence electrons. The van der Waals surface area contributed by atoms with Gasteiger partial charge in [0.1, 0.15) is 11.8 Å². The van der Waals surface area contributed by atoms with Crippen molar-refractivity contribution < 1.29 is 14.7 Å². The number of aromatic nitrogens is 1. The monoisotopic (exact) mass is 307 g/mol. The number of methoxy groups -OCH3 is 1. The molecule has 0 radical (unpaired) electrons. The molecule has 0 aliphatic carbocycles. The summed E-state index contributed by atoms with van der Waals surface area (Å²) in [6.45, 7) is 0. The van der Waals surface area contributed by atoms with Crippen LogP contribution >= 0.6 is 0 Å². The Labute approximate surface area is 132 Å². The average molecular weight is 307 g/mol. The number of nitrogens with zero attached hydrogens (tertiary/aromatic N) is 2. The number of hydrogen-bond donors (Lipinski definition) is 2. The maximum atomic E-state index is 11.6. The molecule has 6 nitrogen and oxygen atoms in total. The SMILES string of the molecule is COc1ccc(-n2cc(C#N)c3ccc(C(=O)NO)cc32)cc1. The number of carbonyl (C=O) groups excluding carboxylic acids is 1. The molecule has 1 aromatic heterocycles. The van der Waals surface area contributed by atoms with Gasteiger partial charge in [0.15, 0.2) is 0 Å². The topological polar surface area (TPSA) is 87.3 Å². The van der Waals surface area contributed by atoms with Gasteiger partial charge < -0.3 is 9.30 Å². The first-order valence-corrected chi connectivity index (χ1v) is 6.82. The molecule has 0 saturated heterocycles. The van der Waals surface area contributed by atoms with E-state index in [1.807, 2.05) is 28.8 Å². The summed E-state index contributed by atoms with van der Waals surface area (Å²) in [6.07, 6.45) is 1.72. The molecular formula is C17H13N3O3. The van der Waals surface area contributed by atoms with Crippen LogP contribution in [0.5, 0.6) is 5.75 Å². The van der Waals surface area contributed by atoms with Crippen LogP contribution in [0.25, 0.3) is 16.6 Å². The van der Waals surface area contributed by atoms with Crippen molar-refractivity contribution in [3.63, 3.8) is 0 Å². The fourth-order valence-corrected chi connectivity index (χ4v) is 2.48. The Morgan fingerprint density at radius 2 is 2.00 bits per heavy atom. The average Bonchev–Trinajstić information content (AvgIpc) is 2.99. The summed E-state index contributed by atoms with van der Waals surface area (Å²) < 4.78 is 6.96.